The molecule has 0 aliphatic carbocycles. The molecule has 1 amide bonds. The first-order valence-corrected chi connectivity index (χ1v) is 6.27. The number of aromatic nitrogens is 2. The summed E-state index contributed by atoms with van der Waals surface area (Å²) in [4.78, 5) is 19.9. The van der Waals surface area contributed by atoms with Gasteiger partial charge in [-0.1, -0.05) is 18.2 Å². The summed E-state index contributed by atoms with van der Waals surface area (Å²) in [6, 6.07) is 10.9. The van der Waals surface area contributed by atoms with Gasteiger partial charge in [0, 0.05) is 5.69 Å². The summed E-state index contributed by atoms with van der Waals surface area (Å²) >= 11 is 0. The molecule has 21 heavy (non-hydrogen) atoms. The zero-order valence-corrected chi connectivity index (χ0v) is 11.8. The van der Waals surface area contributed by atoms with E-state index in [2.05, 4.69) is 20.6 Å². The molecule has 0 spiro atoms. The quantitative estimate of drug-likeness (QED) is 0.838. The van der Waals surface area contributed by atoms with Crippen LogP contribution in [0.4, 0.5) is 11.6 Å². The Hall–Kier alpha value is -2.83. The number of nitrogens with zero attached hydrogens (tertiary/aromatic N) is 2. The van der Waals surface area contributed by atoms with Crippen molar-refractivity contribution in [3.63, 3.8) is 0 Å². The van der Waals surface area contributed by atoms with Gasteiger partial charge in [-0.25, -0.2) is 0 Å². The minimum atomic E-state index is -0.269. The van der Waals surface area contributed by atoms with Crippen molar-refractivity contribution in [1.29, 1.82) is 0 Å². The number of ether oxygens (including phenoxy) is 2. The average molecular weight is 288 g/mol. The van der Waals surface area contributed by atoms with Gasteiger partial charge in [-0.2, -0.15) is 9.97 Å². The van der Waals surface area contributed by atoms with Crippen molar-refractivity contribution in [2.45, 2.75) is 0 Å². The van der Waals surface area contributed by atoms with Crippen LogP contribution in [0.3, 0.4) is 0 Å². The summed E-state index contributed by atoms with van der Waals surface area (Å²) in [5.74, 6) is 0.488. The van der Waals surface area contributed by atoms with Gasteiger partial charge < -0.3 is 14.8 Å². The van der Waals surface area contributed by atoms with Crippen molar-refractivity contribution >= 4 is 17.5 Å². The van der Waals surface area contributed by atoms with Crippen LogP contribution < -0.4 is 20.1 Å². The zero-order valence-electron chi connectivity index (χ0n) is 11.8. The number of carbonyl (C=O) groups is 1. The molecule has 1 aromatic heterocycles. The van der Waals surface area contributed by atoms with Gasteiger partial charge in [-0.05, 0) is 12.1 Å². The molecule has 1 heterocycles. The van der Waals surface area contributed by atoms with Crippen molar-refractivity contribution in [2.75, 3.05) is 31.4 Å². The minimum absolute atomic E-state index is 0.104. The van der Waals surface area contributed by atoms with Gasteiger partial charge in [0.1, 0.15) is 0 Å². The van der Waals surface area contributed by atoms with Crippen LogP contribution >= 0.6 is 0 Å². The van der Waals surface area contributed by atoms with Crippen LogP contribution in [0.2, 0.25) is 0 Å². The average Bonchev–Trinajstić information content (AvgIpc) is 2.53. The summed E-state index contributed by atoms with van der Waals surface area (Å²) in [6.07, 6.45) is 0. The number of para-hydroxylation sites is 1. The molecule has 0 saturated carbocycles. The van der Waals surface area contributed by atoms with Crippen LogP contribution in [0.5, 0.6) is 11.8 Å². The molecule has 2 aromatic rings. The lowest BCUT2D eigenvalue weighted by molar-refractivity contribution is -0.114. The fourth-order valence-electron chi connectivity index (χ4n) is 1.58. The van der Waals surface area contributed by atoms with E-state index in [4.69, 9.17) is 9.47 Å². The molecule has 0 unspecified atom stereocenters. The zero-order chi connectivity index (χ0) is 15.1. The number of anilines is 2. The Morgan fingerprint density at radius 3 is 2.29 bits per heavy atom. The predicted octanol–water partition coefficient (Wildman–Crippen LogP) is 1.54. The summed E-state index contributed by atoms with van der Waals surface area (Å²) in [5.41, 5.74) is 0.858. The Morgan fingerprint density at radius 2 is 1.71 bits per heavy atom. The first-order valence-electron chi connectivity index (χ1n) is 6.27. The lowest BCUT2D eigenvalue weighted by Gasteiger charge is -2.08. The second kappa shape index (κ2) is 7.09. The lowest BCUT2D eigenvalue weighted by Crippen LogP contribution is -2.23. The molecule has 0 fully saturated rings. The number of rotatable bonds is 6. The second-order valence-electron chi connectivity index (χ2n) is 4.04. The number of amides is 1. The third-order valence-corrected chi connectivity index (χ3v) is 2.58. The van der Waals surface area contributed by atoms with Crippen LogP contribution in [0.25, 0.3) is 0 Å². The molecule has 1 aromatic carbocycles. The van der Waals surface area contributed by atoms with Gasteiger partial charge in [-0.3, -0.25) is 10.1 Å². The van der Waals surface area contributed by atoms with Crippen LogP contribution in [0, 0.1) is 0 Å². The molecule has 0 radical (unpaired) electrons. The van der Waals surface area contributed by atoms with Crippen LogP contribution in [-0.4, -0.2) is 36.6 Å². The van der Waals surface area contributed by atoms with E-state index in [1.165, 1.54) is 20.3 Å². The van der Waals surface area contributed by atoms with E-state index in [-0.39, 0.29) is 18.4 Å². The highest BCUT2D eigenvalue weighted by Gasteiger charge is 2.08. The van der Waals surface area contributed by atoms with Crippen molar-refractivity contribution in [3.8, 4) is 11.8 Å². The smallest absolute Gasteiger partial charge is 0.246 e. The van der Waals surface area contributed by atoms with Gasteiger partial charge in [0.2, 0.25) is 23.6 Å². The monoisotopic (exact) mass is 288 g/mol. The topological polar surface area (TPSA) is 85.4 Å². The van der Waals surface area contributed by atoms with E-state index in [1.807, 2.05) is 30.3 Å². The first-order chi connectivity index (χ1) is 10.2. The Kier molecular flexibility index (Phi) is 4.92. The van der Waals surface area contributed by atoms with Crippen molar-refractivity contribution < 1.29 is 14.3 Å². The Labute approximate surface area is 122 Å². The third kappa shape index (κ3) is 4.34. The van der Waals surface area contributed by atoms with E-state index < -0.39 is 0 Å². The van der Waals surface area contributed by atoms with Gasteiger partial charge >= 0.3 is 0 Å². The normalized spacial score (nSPS) is 9.81. The van der Waals surface area contributed by atoms with Crippen molar-refractivity contribution in [3.05, 3.63) is 36.4 Å². The summed E-state index contributed by atoms with van der Waals surface area (Å²) in [6.45, 7) is 0.104. The molecule has 7 heteroatoms. The van der Waals surface area contributed by atoms with E-state index >= 15 is 0 Å². The number of nitrogens with one attached hydrogen (secondary N) is 2. The highest BCUT2D eigenvalue weighted by Crippen LogP contribution is 2.17. The van der Waals surface area contributed by atoms with Gasteiger partial charge in [0.15, 0.2) is 0 Å². The number of carbonyl (C=O) groups excluding carboxylic acids is 1. The molecule has 2 N–H and O–H groups in total. The minimum Gasteiger partial charge on any atom is -0.481 e. The number of hydrogen-bond donors (Lipinski definition) is 2. The van der Waals surface area contributed by atoms with E-state index in [9.17, 15) is 4.79 Å². The number of benzene rings is 1. The Balaban J connectivity index is 1.96. The molecular weight excluding hydrogens is 272 g/mol. The molecular formula is C14H16N4O3. The predicted molar refractivity (Wildman–Crippen MR) is 78.7 cm³/mol. The van der Waals surface area contributed by atoms with Crippen LogP contribution in [0.15, 0.2) is 36.4 Å². The first kappa shape index (κ1) is 14.6. The highest BCUT2D eigenvalue weighted by atomic mass is 16.5. The number of methoxy groups -OCH3 is 2. The largest absolute Gasteiger partial charge is 0.481 e. The second-order valence-corrected chi connectivity index (χ2v) is 4.04. The van der Waals surface area contributed by atoms with Crippen molar-refractivity contribution in [2.24, 2.45) is 0 Å². The molecule has 0 aliphatic heterocycles. The molecule has 2 rings (SSSR count). The molecule has 7 nitrogen and oxygen atoms in total. The maximum absolute atomic E-state index is 11.8. The SMILES string of the molecule is COc1cc(OC)nc(NC(=O)CNc2ccccc2)n1. The molecule has 110 valence electrons. The molecule has 0 saturated heterocycles. The van der Waals surface area contributed by atoms with Crippen molar-refractivity contribution in [1.82, 2.24) is 9.97 Å². The lowest BCUT2D eigenvalue weighted by atomic mass is 10.3. The summed E-state index contributed by atoms with van der Waals surface area (Å²) < 4.78 is 10.0. The highest BCUT2D eigenvalue weighted by molar-refractivity contribution is 5.92. The standard InChI is InChI=1S/C14H16N4O3/c1-20-12-8-13(21-2)18-14(17-12)16-11(19)9-15-10-6-4-3-5-7-10/h3-8,15H,9H2,1-2H3,(H,16,17,18,19). The third-order valence-electron chi connectivity index (χ3n) is 2.58. The molecule has 0 aliphatic rings. The molecule has 0 atom stereocenters. The van der Waals surface area contributed by atoms with Gasteiger partial charge in [0.05, 0.1) is 26.8 Å². The Bertz CT molecular complexity index is 582. The summed E-state index contributed by atoms with van der Waals surface area (Å²) in [7, 11) is 2.95. The maximum atomic E-state index is 11.8. The summed E-state index contributed by atoms with van der Waals surface area (Å²) in [5, 5.41) is 5.57. The van der Waals surface area contributed by atoms with E-state index in [1.54, 1.807) is 0 Å². The maximum Gasteiger partial charge on any atom is 0.246 e. The fourth-order valence-corrected chi connectivity index (χ4v) is 1.58. The Morgan fingerprint density at radius 1 is 1.10 bits per heavy atom. The van der Waals surface area contributed by atoms with Gasteiger partial charge in [0.25, 0.3) is 0 Å². The number of hydrogen-bond acceptors (Lipinski definition) is 6. The fraction of sp³-hybridized carbons (Fsp3) is 0.214. The van der Waals surface area contributed by atoms with Gasteiger partial charge in [-0.15, -0.1) is 0 Å². The van der Waals surface area contributed by atoms with E-state index in [0.717, 1.165) is 5.69 Å². The van der Waals surface area contributed by atoms with Crippen LogP contribution in [0.1, 0.15) is 0 Å². The van der Waals surface area contributed by atoms with Crippen LogP contribution in [-0.2, 0) is 4.79 Å². The molecule has 0 bridgehead atoms. The van der Waals surface area contributed by atoms with E-state index in [0.29, 0.717) is 11.8 Å².